The number of hydrogen-bond acceptors (Lipinski definition) is 7. The normalized spacial score (nSPS) is 11.0. The number of anilines is 1. The Labute approximate surface area is 139 Å². The van der Waals surface area contributed by atoms with Gasteiger partial charge in [0.2, 0.25) is 5.91 Å². The standard InChI is InChI=1S/C14H14N4O3S2/c1-8-7-10(17-21-8)15-11(19)4-6-23-14-16-12-9(3-5-22-12)13(20)18(14)2/h3,5,7H,4,6H2,1-2H3,(H,15,17,19). The molecular formula is C14H14N4O3S2. The van der Waals surface area contributed by atoms with E-state index in [0.717, 1.165) is 4.83 Å². The van der Waals surface area contributed by atoms with E-state index in [-0.39, 0.29) is 17.9 Å². The van der Waals surface area contributed by atoms with Crippen molar-refractivity contribution in [1.82, 2.24) is 14.7 Å². The quantitative estimate of drug-likeness (QED) is 0.561. The molecule has 0 bridgehead atoms. The van der Waals surface area contributed by atoms with Crippen molar-refractivity contribution in [2.75, 3.05) is 11.1 Å². The second kappa shape index (κ2) is 6.55. The molecule has 3 aromatic rings. The van der Waals surface area contributed by atoms with Gasteiger partial charge in [-0.1, -0.05) is 16.9 Å². The molecule has 0 unspecified atom stereocenters. The molecule has 0 spiro atoms. The predicted molar refractivity (Wildman–Crippen MR) is 90.1 cm³/mol. The lowest BCUT2D eigenvalue weighted by Gasteiger charge is -2.06. The summed E-state index contributed by atoms with van der Waals surface area (Å²) in [5.74, 6) is 1.40. The van der Waals surface area contributed by atoms with Gasteiger partial charge in [-0.2, -0.15) is 0 Å². The number of nitrogens with zero attached hydrogens (tertiary/aromatic N) is 3. The van der Waals surface area contributed by atoms with Crippen molar-refractivity contribution < 1.29 is 9.32 Å². The van der Waals surface area contributed by atoms with Crippen LogP contribution in [0.1, 0.15) is 12.2 Å². The average molecular weight is 350 g/mol. The fraction of sp³-hybridized carbons (Fsp3) is 0.286. The molecule has 0 aliphatic rings. The van der Waals surface area contributed by atoms with Gasteiger partial charge in [0.15, 0.2) is 11.0 Å². The number of aryl methyl sites for hydroxylation is 1. The van der Waals surface area contributed by atoms with Gasteiger partial charge in [-0.15, -0.1) is 11.3 Å². The van der Waals surface area contributed by atoms with Crippen LogP contribution in [-0.2, 0) is 11.8 Å². The van der Waals surface area contributed by atoms with E-state index >= 15 is 0 Å². The molecule has 9 heteroatoms. The van der Waals surface area contributed by atoms with Gasteiger partial charge < -0.3 is 9.84 Å². The monoisotopic (exact) mass is 350 g/mol. The first kappa shape index (κ1) is 15.8. The molecular weight excluding hydrogens is 336 g/mol. The molecule has 0 saturated carbocycles. The van der Waals surface area contributed by atoms with Gasteiger partial charge >= 0.3 is 0 Å². The van der Waals surface area contributed by atoms with Crippen LogP contribution < -0.4 is 10.9 Å². The highest BCUT2D eigenvalue weighted by atomic mass is 32.2. The van der Waals surface area contributed by atoms with E-state index in [1.165, 1.54) is 27.7 Å². The highest BCUT2D eigenvalue weighted by Crippen LogP contribution is 2.21. The summed E-state index contributed by atoms with van der Waals surface area (Å²) in [5, 5.41) is 9.44. The first-order chi connectivity index (χ1) is 11.0. The highest BCUT2D eigenvalue weighted by Gasteiger charge is 2.11. The first-order valence-corrected chi connectivity index (χ1v) is 8.71. The predicted octanol–water partition coefficient (Wildman–Crippen LogP) is 2.41. The Kier molecular flexibility index (Phi) is 4.49. The van der Waals surface area contributed by atoms with Crippen molar-refractivity contribution >= 4 is 45.0 Å². The third-order valence-corrected chi connectivity index (χ3v) is 4.96. The summed E-state index contributed by atoms with van der Waals surface area (Å²) in [4.78, 5) is 29.2. The van der Waals surface area contributed by atoms with E-state index in [2.05, 4.69) is 15.5 Å². The number of carbonyl (C=O) groups excluding carboxylic acids is 1. The molecule has 0 saturated heterocycles. The van der Waals surface area contributed by atoms with Gasteiger partial charge in [0.05, 0.1) is 5.39 Å². The molecule has 3 aromatic heterocycles. The Balaban J connectivity index is 1.61. The smallest absolute Gasteiger partial charge is 0.262 e. The minimum absolute atomic E-state index is 0.0683. The maximum absolute atomic E-state index is 12.2. The minimum atomic E-state index is -0.159. The largest absolute Gasteiger partial charge is 0.360 e. The maximum atomic E-state index is 12.2. The molecule has 0 aromatic carbocycles. The Morgan fingerprint density at radius 2 is 2.35 bits per heavy atom. The molecule has 3 heterocycles. The first-order valence-electron chi connectivity index (χ1n) is 6.85. The summed E-state index contributed by atoms with van der Waals surface area (Å²) in [6.45, 7) is 1.76. The summed E-state index contributed by atoms with van der Waals surface area (Å²) in [5.41, 5.74) is -0.0683. The number of aromatic nitrogens is 3. The van der Waals surface area contributed by atoms with Crippen molar-refractivity contribution in [3.05, 3.63) is 33.6 Å². The zero-order chi connectivity index (χ0) is 16.4. The number of thiophene rings is 1. The molecule has 3 rings (SSSR count). The SMILES string of the molecule is Cc1cc(NC(=O)CCSc2nc3sccc3c(=O)n2C)no1. The molecule has 7 nitrogen and oxygen atoms in total. The van der Waals surface area contributed by atoms with Crippen LogP contribution in [0, 0.1) is 6.92 Å². The van der Waals surface area contributed by atoms with Crippen molar-refractivity contribution in [2.24, 2.45) is 7.05 Å². The van der Waals surface area contributed by atoms with Crippen LogP contribution in [0.5, 0.6) is 0 Å². The lowest BCUT2D eigenvalue weighted by Crippen LogP contribution is -2.19. The van der Waals surface area contributed by atoms with E-state index < -0.39 is 0 Å². The Morgan fingerprint density at radius 3 is 3.09 bits per heavy atom. The second-order valence-electron chi connectivity index (χ2n) is 4.87. The molecule has 0 radical (unpaired) electrons. The minimum Gasteiger partial charge on any atom is -0.360 e. The van der Waals surface area contributed by atoms with E-state index in [0.29, 0.717) is 27.9 Å². The van der Waals surface area contributed by atoms with E-state index in [9.17, 15) is 9.59 Å². The summed E-state index contributed by atoms with van der Waals surface area (Å²) < 4.78 is 6.40. The van der Waals surface area contributed by atoms with Crippen LogP contribution in [0.25, 0.3) is 10.2 Å². The van der Waals surface area contributed by atoms with Gasteiger partial charge in [0.25, 0.3) is 5.56 Å². The van der Waals surface area contributed by atoms with Crippen molar-refractivity contribution in [2.45, 2.75) is 18.5 Å². The van der Waals surface area contributed by atoms with Crippen molar-refractivity contribution in [3.8, 4) is 0 Å². The zero-order valence-corrected chi connectivity index (χ0v) is 14.2. The number of rotatable bonds is 5. The lowest BCUT2D eigenvalue weighted by atomic mass is 10.4. The Morgan fingerprint density at radius 1 is 1.52 bits per heavy atom. The molecule has 0 aliphatic carbocycles. The van der Waals surface area contributed by atoms with Crippen LogP contribution in [0.3, 0.4) is 0 Å². The number of amides is 1. The van der Waals surface area contributed by atoms with E-state index in [1.54, 1.807) is 26.1 Å². The fourth-order valence-electron chi connectivity index (χ4n) is 1.97. The lowest BCUT2D eigenvalue weighted by molar-refractivity contribution is -0.115. The van der Waals surface area contributed by atoms with Gasteiger partial charge in [-0.3, -0.25) is 14.2 Å². The summed E-state index contributed by atoms with van der Waals surface area (Å²) >= 11 is 2.81. The van der Waals surface area contributed by atoms with Crippen LogP contribution in [0.4, 0.5) is 5.82 Å². The average Bonchev–Trinajstić information content (AvgIpc) is 3.13. The van der Waals surface area contributed by atoms with Gasteiger partial charge in [0, 0.05) is 25.3 Å². The van der Waals surface area contributed by atoms with Crippen LogP contribution in [0.2, 0.25) is 0 Å². The van der Waals surface area contributed by atoms with Crippen LogP contribution in [0.15, 0.2) is 32.0 Å². The second-order valence-corrected chi connectivity index (χ2v) is 6.82. The summed E-state index contributed by atoms with van der Waals surface area (Å²) in [6, 6.07) is 3.43. The van der Waals surface area contributed by atoms with Crippen molar-refractivity contribution in [3.63, 3.8) is 0 Å². The molecule has 0 aliphatic heterocycles. The number of thioether (sulfide) groups is 1. The summed E-state index contributed by atoms with van der Waals surface area (Å²) in [6.07, 6.45) is 0.287. The topological polar surface area (TPSA) is 90.0 Å². The van der Waals surface area contributed by atoms with Gasteiger partial charge in [-0.05, 0) is 18.4 Å². The maximum Gasteiger partial charge on any atom is 0.262 e. The molecule has 0 fully saturated rings. The third-order valence-electron chi connectivity index (χ3n) is 3.12. The van der Waals surface area contributed by atoms with E-state index in [4.69, 9.17) is 4.52 Å². The third kappa shape index (κ3) is 3.45. The number of nitrogens with one attached hydrogen (secondary N) is 1. The molecule has 1 amide bonds. The summed E-state index contributed by atoms with van der Waals surface area (Å²) in [7, 11) is 1.69. The van der Waals surface area contributed by atoms with Crippen LogP contribution in [-0.4, -0.2) is 26.4 Å². The molecule has 23 heavy (non-hydrogen) atoms. The molecule has 0 atom stereocenters. The van der Waals surface area contributed by atoms with E-state index in [1.807, 2.05) is 5.38 Å². The number of fused-ring (bicyclic) bond motifs is 1. The molecule has 120 valence electrons. The fourth-order valence-corrected chi connectivity index (χ4v) is 3.69. The zero-order valence-electron chi connectivity index (χ0n) is 12.5. The molecule has 1 N–H and O–H groups in total. The Bertz CT molecular complexity index is 912. The van der Waals surface area contributed by atoms with Crippen LogP contribution >= 0.6 is 23.1 Å². The Hall–Kier alpha value is -2.13. The highest BCUT2D eigenvalue weighted by molar-refractivity contribution is 7.99. The van der Waals surface area contributed by atoms with Gasteiger partial charge in [-0.25, -0.2) is 4.98 Å². The van der Waals surface area contributed by atoms with Crippen molar-refractivity contribution in [1.29, 1.82) is 0 Å². The number of hydrogen-bond donors (Lipinski definition) is 1. The number of carbonyl (C=O) groups is 1. The van der Waals surface area contributed by atoms with Gasteiger partial charge in [0.1, 0.15) is 10.6 Å².